The van der Waals surface area contributed by atoms with Crippen LogP contribution in [0.2, 0.25) is 5.02 Å². The smallest absolute Gasteiger partial charge is 0.288 e. The van der Waals surface area contributed by atoms with Crippen LogP contribution in [-0.4, -0.2) is 37.3 Å². The monoisotopic (exact) mass is 476 g/mol. The van der Waals surface area contributed by atoms with Crippen molar-refractivity contribution in [2.24, 2.45) is 13.0 Å². The molecule has 3 aromatic rings. The topological polar surface area (TPSA) is 132 Å². The number of benzene rings is 1. The highest BCUT2D eigenvalue weighted by molar-refractivity contribution is 7.19. The molecular weight excluding hydrogens is 456 g/mol. The third-order valence-electron chi connectivity index (χ3n) is 4.69. The summed E-state index contributed by atoms with van der Waals surface area (Å²) in [6.45, 7) is 5.38. The summed E-state index contributed by atoms with van der Waals surface area (Å²) in [4.78, 5) is 45.5. The lowest BCUT2D eigenvalue weighted by molar-refractivity contribution is -0.384. The Morgan fingerprint density at radius 2 is 2.03 bits per heavy atom. The van der Waals surface area contributed by atoms with Gasteiger partial charge in [-0.2, -0.15) is 0 Å². The van der Waals surface area contributed by atoms with Crippen molar-refractivity contribution in [3.05, 3.63) is 57.0 Å². The molecule has 0 spiro atoms. The fourth-order valence-corrected chi connectivity index (χ4v) is 4.17. The molecule has 1 atom stereocenters. The number of amides is 2. The van der Waals surface area contributed by atoms with E-state index in [0.717, 1.165) is 22.5 Å². The van der Waals surface area contributed by atoms with E-state index in [-0.39, 0.29) is 22.2 Å². The van der Waals surface area contributed by atoms with Crippen molar-refractivity contribution in [3.8, 4) is 10.7 Å². The molecule has 0 bridgehead atoms. The van der Waals surface area contributed by atoms with Gasteiger partial charge in [0, 0.05) is 31.1 Å². The summed E-state index contributed by atoms with van der Waals surface area (Å²) in [6.07, 6.45) is 3.50. The quantitative estimate of drug-likeness (QED) is 0.393. The number of hydrogen-bond acceptors (Lipinski definition) is 7. The highest BCUT2D eigenvalue weighted by atomic mass is 35.5. The van der Waals surface area contributed by atoms with Crippen LogP contribution in [0.3, 0.4) is 0 Å². The number of nitro benzene ring substituents is 1. The van der Waals surface area contributed by atoms with Gasteiger partial charge in [-0.25, -0.2) is 9.97 Å². The van der Waals surface area contributed by atoms with Crippen molar-refractivity contribution >= 4 is 45.6 Å². The van der Waals surface area contributed by atoms with Crippen LogP contribution >= 0.6 is 22.9 Å². The fourth-order valence-electron chi connectivity index (χ4n) is 2.98. The number of imidazole rings is 1. The maximum absolute atomic E-state index is 12.9. The number of aryl methyl sites for hydroxylation is 2. The van der Waals surface area contributed by atoms with E-state index in [2.05, 4.69) is 20.6 Å². The lowest BCUT2D eigenvalue weighted by atomic mass is 10.0. The first-order valence-corrected chi connectivity index (χ1v) is 10.8. The number of nitro groups is 1. The second kappa shape index (κ2) is 9.45. The molecule has 12 heteroatoms. The highest BCUT2D eigenvalue weighted by Gasteiger charge is 2.27. The molecular formula is C20H21ClN6O4S. The van der Waals surface area contributed by atoms with Crippen LogP contribution in [0.4, 0.5) is 10.8 Å². The maximum Gasteiger partial charge on any atom is 0.288 e. The molecule has 3 rings (SSSR count). The van der Waals surface area contributed by atoms with Crippen LogP contribution in [0.15, 0.2) is 30.6 Å². The number of carbonyl (C=O) groups excluding carboxylic acids is 2. The van der Waals surface area contributed by atoms with Gasteiger partial charge in [-0.3, -0.25) is 19.7 Å². The number of hydrogen-bond donors (Lipinski definition) is 2. The van der Waals surface area contributed by atoms with Gasteiger partial charge >= 0.3 is 0 Å². The van der Waals surface area contributed by atoms with E-state index in [1.54, 1.807) is 20.0 Å². The Balaban J connectivity index is 1.77. The number of rotatable bonds is 7. The Hall–Kier alpha value is -3.31. The van der Waals surface area contributed by atoms with Gasteiger partial charge in [-0.1, -0.05) is 36.8 Å². The van der Waals surface area contributed by atoms with Crippen molar-refractivity contribution in [2.75, 3.05) is 5.32 Å². The van der Waals surface area contributed by atoms with Crippen LogP contribution in [0.1, 0.15) is 29.9 Å². The Morgan fingerprint density at radius 1 is 1.31 bits per heavy atom. The SMILES string of the molecule is Cc1nc(NC(=O)C(NC(=O)c2ccc(Cl)c([N+](=O)[O-])c2)C(C)C)sc1-c1nccn1C. The number of thiazole rings is 1. The molecule has 0 aliphatic carbocycles. The second-order valence-electron chi connectivity index (χ2n) is 7.40. The van der Waals surface area contributed by atoms with Crippen LogP contribution in [0.5, 0.6) is 0 Å². The van der Waals surface area contributed by atoms with Crippen LogP contribution in [-0.2, 0) is 11.8 Å². The number of halogens is 1. The summed E-state index contributed by atoms with van der Waals surface area (Å²) in [7, 11) is 1.87. The van der Waals surface area contributed by atoms with Crippen LogP contribution in [0.25, 0.3) is 10.7 Å². The second-order valence-corrected chi connectivity index (χ2v) is 8.81. The molecule has 1 aromatic carbocycles. The van der Waals surface area contributed by atoms with Crippen LogP contribution in [0, 0.1) is 23.0 Å². The number of anilines is 1. The van der Waals surface area contributed by atoms with Crippen molar-refractivity contribution in [2.45, 2.75) is 26.8 Å². The van der Waals surface area contributed by atoms with E-state index in [4.69, 9.17) is 11.6 Å². The molecule has 2 aromatic heterocycles. The average Bonchev–Trinajstić information content (AvgIpc) is 3.30. The Morgan fingerprint density at radius 3 is 2.62 bits per heavy atom. The van der Waals surface area contributed by atoms with Crippen molar-refractivity contribution in [1.82, 2.24) is 19.9 Å². The lowest BCUT2D eigenvalue weighted by Crippen LogP contribution is -2.47. The van der Waals surface area contributed by atoms with E-state index in [1.807, 2.05) is 24.7 Å². The predicted octanol–water partition coefficient (Wildman–Crippen LogP) is 3.81. The van der Waals surface area contributed by atoms with E-state index >= 15 is 0 Å². The molecule has 0 aliphatic rings. The summed E-state index contributed by atoms with van der Waals surface area (Å²) in [5.41, 5.74) is 0.366. The Kier molecular flexibility index (Phi) is 6.90. The van der Waals surface area contributed by atoms with Gasteiger partial charge in [-0.15, -0.1) is 0 Å². The number of nitrogens with one attached hydrogen (secondary N) is 2. The minimum atomic E-state index is -0.891. The molecule has 0 saturated heterocycles. The summed E-state index contributed by atoms with van der Waals surface area (Å²) >= 11 is 7.09. The average molecular weight is 477 g/mol. The summed E-state index contributed by atoms with van der Waals surface area (Å²) in [5.74, 6) is -0.588. The first-order valence-electron chi connectivity index (χ1n) is 9.59. The first-order chi connectivity index (χ1) is 15.1. The van der Waals surface area contributed by atoms with Gasteiger partial charge in [0.15, 0.2) is 11.0 Å². The zero-order chi connectivity index (χ0) is 23.6. The third-order valence-corrected chi connectivity index (χ3v) is 6.08. The van der Waals surface area contributed by atoms with Crippen molar-refractivity contribution in [3.63, 3.8) is 0 Å². The normalized spacial score (nSPS) is 11.9. The maximum atomic E-state index is 12.9. The molecule has 2 N–H and O–H groups in total. The molecule has 10 nitrogen and oxygen atoms in total. The summed E-state index contributed by atoms with van der Waals surface area (Å²) in [5, 5.41) is 16.8. The van der Waals surface area contributed by atoms with Gasteiger partial charge in [-0.05, 0) is 25.0 Å². The minimum absolute atomic E-state index is 0.0294. The minimum Gasteiger partial charge on any atom is -0.340 e. The van der Waals surface area contributed by atoms with Gasteiger partial charge in [0.05, 0.1) is 15.5 Å². The van der Waals surface area contributed by atoms with E-state index in [9.17, 15) is 19.7 Å². The number of nitrogens with zero attached hydrogens (tertiary/aromatic N) is 4. The molecule has 32 heavy (non-hydrogen) atoms. The Bertz CT molecular complexity index is 1190. The molecule has 2 heterocycles. The van der Waals surface area contributed by atoms with Gasteiger partial charge < -0.3 is 15.2 Å². The summed E-state index contributed by atoms with van der Waals surface area (Å²) < 4.78 is 1.86. The standard InChI is InChI=1S/C20H21ClN6O4S/c1-10(2)15(24-18(28)12-5-6-13(21)14(9-12)27(30)31)19(29)25-20-23-11(3)16(32-20)17-22-7-8-26(17)4/h5-10,15H,1-4H3,(H,24,28)(H,23,25,29). The lowest BCUT2D eigenvalue weighted by Gasteiger charge is -2.21. The molecule has 168 valence electrons. The molecule has 0 saturated carbocycles. The Labute approximate surface area is 192 Å². The zero-order valence-corrected chi connectivity index (χ0v) is 19.3. The number of aromatic nitrogens is 3. The highest BCUT2D eigenvalue weighted by Crippen LogP contribution is 2.31. The van der Waals surface area contributed by atoms with E-state index in [0.29, 0.717) is 5.13 Å². The molecule has 2 amide bonds. The van der Waals surface area contributed by atoms with E-state index in [1.165, 1.54) is 23.5 Å². The first kappa shape index (κ1) is 23.4. The fraction of sp³-hybridized carbons (Fsp3) is 0.300. The van der Waals surface area contributed by atoms with E-state index < -0.39 is 22.8 Å². The third kappa shape index (κ3) is 4.94. The van der Waals surface area contributed by atoms with Gasteiger partial charge in [0.25, 0.3) is 11.6 Å². The largest absolute Gasteiger partial charge is 0.340 e. The summed E-state index contributed by atoms with van der Waals surface area (Å²) in [6, 6.07) is 2.83. The van der Waals surface area contributed by atoms with Gasteiger partial charge in [0.1, 0.15) is 11.1 Å². The molecule has 1 unspecified atom stereocenters. The predicted molar refractivity (Wildman–Crippen MR) is 122 cm³/mol. The zero-order valence-electron chi connectivity index (χ0n) is 17.7. The van der Waals surface area contributed by atoms with Crippen molar-refractivity contribution in [1.29, 1.82) is 0 Å². The van der Waals surface area contributed by atoms with Crippen LogP contribution < -0.4 is 10.6 Å². The van der Waals surface area contributed by atoms with Crippen molar-refractivity contribution < 1.29 is 14.5 Å². The molecule has 0 fully saturated rings. The van der Waals surface area contributed by atoms with Gasteiger partial charge in [0.2, 0.25) is 5.91 Å². The molecule has 0 radical (unpaired) electrons. The molecule has 0 aliphatic heterocycles. The number of carbonyl (C=O) groups is 2.